The van der Waals surface area contributed by atoms with Crippen LogP contribution in [0.15, 0.2) is 140 Å². The van der Waals surface area contributed by atoms with Gasteiger partial charge in [-0.15, -0.1) is 10.2 Å². The SMILES string of the molecule is c1ccc(-c2cccc(-c3nnc(-c4cccc(-c5cccc6ccccc56)n4)n3-c3ccccc3)n2)cc1. The summed E-state index contributed by atoms with van der Waals surface area (Å²) in [6.07, 6.45) is 0. The summed E-state index contributed by atoms with van der Waals surface area (Å²) in [5, 5.41) is 11.6. The molecule has 7 aromatic rings. The van der Waals surface area contributed by atoms with Crippen LogP contribution in [0, 0.1) is 0 Å². The van der Waals surface area contributed by atoms with Crippen molar-refractivity contribution in [3.05, 3.63) is 140 Å². The molecule has 3 aromatic heterocycles. The van der Waals surface area contributed by atoms with E-state index in [1.807, 2.05) is 89.5 Å². The van der Waals surface area contributed by atoms with E-state index >= 15 is 0 Å². The van der Waals surface area contributed by atoms with E-state index in [1.165, 1.54) is 5.39 Å². The molecular formula is C34H23N5. The first-order valence-electron chi connectivity index (χ1n) is 12.8. The molecule has 0 radical (unpaired) electrons. The Bertz CT molecular complexity index is 1900. The van der Waals surface area contributed by atoms with E-state index < -0.39 is 0 Å². The molecule has 7 rings (SSSR count). The predicted molar refractivity (Wildman–Crippen MR) is 156 cm³/mol. The molecule has 5 heteroatoms. The summed E-state index contributed by atoms with van der Waals surface area (Å²) in [7, 11) is 0. The van der Waals surface area contributed by atoms with E-state index in [1.54, 1.807) is 0 Å². The molecule has 0 aliphatic rings. The summed E-state index contributed by atoms with van der Waals surface area (Å²) < 4.78 is 2.03. The Kier molecular flexibility index (Phi) is 5.72. The molecule has 0 aliphatic carbocycles. The van der Waals surface area contributed by atoms with Gasteiger partial charge in [-0.05, 0) is 47.2 Å². The maximum atomic E-state index is 5.08. The number of benzene rings is 4. The maximum Gasteiger partial charge on any atom is 0.187 e. The molecule has 0 fully saturated rings. The van der Waals surface area contributed by atoms with Crippen molar-refractivity contribution < 1.29 is 0 Å². The lowest BCUT2D eigenvalue weighted by Gasteiger charge is -2.12. The Morgan fingerprint density at radius 3 is 1.69 bits per heavy atom. The van der Waals surface area contributed by atoms with Crippen LogP contribution in [0.2, 0.25) is 0 Å². The van der Waals surface area contributed by atoms with Crippen molar-refractivity contribution in [2.75, 3.05) is 0 Å². The topological polar surface area (TPSA) is 56.5 Å². The van der Waals surface area contributed by atoms with E-state index in [2.05, 4.69) is 64.8 Å². The van der Waals surface area contributed by atoms with Crippen LogP contribution in [0.3, 0.4) is 0 Å². The van der Waals surface area contributed by atoms with Crippen molar-refractivity contribution in [1.82, 2.24) is 24.7 Å². The smallest absolute Gasteiger partial charge is 0.187 e. The van der Waals surface area contributed by atoms with Crippen LogP contribution in [-0.2, 0) is 0 Å². The fraction of sp³-hybridized carbons (Fsp3) is 0. The van der Waals surface area contributed by atoms with Gasteiger partial charge in [0.25, 0.3) is 0 Å². The maximum absolute atomic E-state index is 5.08. The molecule has 0 unspecified atom stereocenters. The minimum absolute atomic E-state index is 0.658. The first kappa shape index (κ1) is 22.8. The van der Waals surface area contributed by atoms with Gasteiger partial charge in [0.15, 0.2) is 11.6 Å². The molecule has 5 nitrogen and oxygen atoms in total. The van der Waals surface area contributed by atoms with Crippen LogP contribution in [0.25, 0.3) is 62.0 Å². The van der Waals surface area contributed by atoms with Gasteiger partial charge < -0.3 is 0 Å². The average Bonchev–Trinajstić information content (AvgIpc) is 3.47. The van der Waals surface area contributed by atoms with Crippen LogP contribution in [0.5, 0.6) is 0 Å². The fourth-order valence-electron chi connectivity index (χ4n) is 4.92. The Balaban J connectivity index is 1.39. The first-order chi connectivity index (χ1) is 19.3. The van der Waals surface area contributed by atoms with Gasteiger partial charge in [-0.25, -0.2) is 9.97 Å². The molecule has 184 valence electrons. The minimum Gasteiger partial charge on any atom is -0.272 e. The van der Waals surface area contributed by atoms with Crippen molar-refractivity contribution in [3.63, 3.8) is 0 Å². The fourth-order valence-corrected chi connectivity index (χ4v) is 4.92. The monoisotopic (exact) mass is 501 g/mol. The van der Waals surface area contributed by atoms with Gasteiger partial charge in [-0.2, -0.15) is 0 Å². The van der Waals surface area contributed by atoms with Crippen LogP contribution in [-0.4, -0.2) is 24.7 Å². The second-order valence-electron chi connectivity index (χ2n) is 9.23. The predicted octanol–water partition coefficient (Wildman–Crippen LogP) is 7.88. The number of aromatic nitrogens is 5. The zero-order valence-electron chi connectivity index (χ0n) is 21.0. The van der Waals surface area contributed by atoms with Gasteiger partial charge in [0.2, 0.25) is 0 Å². The second kappa shape index (κ2) is 9.80. The molecule has 0 amide bonds. The highest BCUT2D eigenvalue weighted by Gasteiger charge is 2.20. The average molecular weight is 502 g/mol. The zero-order valence-corrected chi connectivity index (χ0v) is 21.0. The molecule has 0 bridgehead atoms. The molecule has 0 saturated heterocycles. The van der Waals surface area contributed by atoms with Crippen molar-refractivity contribution in [2.24, 2.45) is 0 Å². The lowest BCUT2D eigenvalue weighted by atomic mass is 10.0. The lowest BCUT2D eigenvalue weighted by molar-refractivity contribution is 1.05. The molecule has 0 saturated carbocycles. The third kappa shape index (κ3) is 4.26. The summed E-state index contributed by atoms with van der Waals surface area (Å²) in [4.78, 5) is 10.0. The first-order valence-corrected chi connectivity index (χ1v) is 12.8. The molecule has 0 aliphatic heterocycles. The summed E-state index contributed by atoms with van der Waals surface area (Å²) >= 11 is 0. The summed E-state index contributed by atoms with van der Waals surface area (Å²) in [5.74, 6) is 1.32. The van der Waals surface area contributed by atoms with Crippen molar-refractivity contribution in [1.29, 1.82) is 0 Å². The molecule has 39 heavy (non-hydrogen) atoms. The number of nitrogens with zero attached hydrogens (tertiary/aromatic N) is 5. The van der Waals surface area contributed by atoms with Crippen molar-refractivity contribution in [3.8, 4) is 51.2 Å². The lowest BCUT2D eigenvalue weighted by Crippen LogP contribution is -2.02. The van der Waals surface area contributed by atoms with Gasteiger partial charge in [0.1, 0.15) is 11.4 Å². The largest absolute Gasteiger partial charge is 0.272 e. The molecule has 3 heterocycles. The molecule has 4 aromatic carbocycles. The minimum atomic E-state index is 0.658. The molecular weight excluding hydrogens is 478 g/mol. The molecule has 0 N–H and O–H groups in total. The van der Waals surface area contributed by atoms with Crippen LogP contribution in [0.4, 0.5) is 0 Å². The van der Waals surface area contributed by atoms with Crippen LogP contribution >= 0.6 is 0 Å². The van der Waals surface area contributed by atoms with E-state index in [0.717, 1.165) is 45.0 Å². The summed E-state index contributed by atoms with van der Waals surface area (Å²) in [5.41, 5.74) is 6.32. The zero-order chi connectivity index (χ0) is 26.0. The van der Waals surface area contributed by atoms with Gasteiger partial charge in [0, 0.05) is 16.8 Å². The Morgan fingerprint density at radius 1 is 0.410 bits per heavy atom. The summed E-state index contributed by atoms with van der Waals surface area (Å²) in [6.45, 7) is 0. The highest BCUT2D eigenvalue weighted by Crippen LogP contribution is 2.31. The second-order valence-corrected chi connectivity index (χ2v) is 9.23. The quantitative estimate of drug-likeness (QED) is 0.241. The number of fused-ring (bicyclic) bond motifs is 1. The number of para-hydroxylation sites is 1. The van der Waals surface area contributed by atoms with Crippen LogP contribution in [0.1, 0.15) is 0 Å². The van der Waals surface area contributed by atoms with E-state index in [-0.39, 0.29) is 0 Å². The third-order valence-electron chi connectivity index (χ3n) is 6.77. The number of rotatable bonds is 5. The van der Waals surface area contributed by atoms with Gasteiger partial charge in [-0.1, -0.05) is 103 Å². The molecule has 0 spiro atoms. The molecule has 0 atom stereocenters. The Hall–Kier alpha value is -5.42. The van der Waals surface area contributed by atoms with Gasteiger partial charge >= 0.3 is 0 Å². The highest BCUT2D eigenvalue weighted by molar-refractivity contribution is 5.96. The van der Waals surface area contributed by atoms with Crippen LogP contribution < -0.4 is 0 Å². The van der Waals surface area contributed by atoms with E-state index in [4.69, 9.17) is 9.97 Å². The van der Waals surface area contributed by atoms with E-state index in [0.29, 0.717) is 11.6 Å². The Labute approximate surface area is 226 Å². The van der Waals surface area contributed by atoms with Gasteiger partial charge in [-0.3, -0.25) is 4.57 Å². The highest BCUT2D eigenvalue weighted by atomic mass is 15.3. The standard InChI is InChI=1S/C34H23N5/c1-3-13-25(14-4-1)29-20-10-22-31(35-29)33-37-38-34(39(33)26-16-5-2-6-17-26)32-23-11-21-30(36-32)28-19-9-15-24-12-7-8-18-27(24)28/h1-23H. The van der Waals surface area contributed by atoms with Crippen molar-refractivity contribution >= 4 is 10.8 Å². The number of hydrogen-bond donors (Lipinski definition) is 0. The normalized spacial score (nSPS) is 11.1. The Morgan fingerprint density at radius 2 is 0.949 bits per heavy atom. The van der Waals surface area contributed by atoms with E-state index in [9.17, 15) is 0 Å². The number of pyridine rings is 2. The number of hydrogen-bond acceptors (Lipinski definition) is 4. The van der Waals surface area contributed by atoms with Gasteiger partial charge in [0.05, 0.1) is 11.4 Å². The van der Waals surface area contributed by atoms with Crippen molar-refractivity contribution in [2.45, 2.75) is 0 Å². The third-order valence-corrected chi connectivity index (χ3v) is 6.77. The summed E-state index contributed by atoms with van der Waals surface area (Å²) in [6, 6.07) is 47.0.